The van der Waals surface area contributed by atoms with E-state index in [0.29, 0.717) is 19.5 Å². The average molecular weight is 235 g/mol. The minimum absolute atomic E-state index is 0.00944. The van der Waals surface area contributed by atoms with Crippen LogP contribution < -0.4 is 0 Å². The Labute approximate surface area is 101 Å². The summed E-state index contributed by atoms with van der Waals surface area (Å²) in [5.74, 6) is -0.00944. The van der Waals surface area contributed by atoms with Gasteiger partial charge in [0.1, 0.15) is 6.61 Å². The third-order valence-corrected chi connectivity index (χ3v) is 2.94. The van der Waals surface area contributed by atoms with Crippen LogP contribution in [0.3, 0.4) is 0 Å². The van der Waals surface area contributed by atoms with Crippen LogP contribution in [0.2, 0.25) is 0 Å². The molecule has 4 heteroatoms. The second-order valence-corrected chi connectivity index (χ2v) is 4.21. The monoisotopic (exact) mass is 235 g/mol. The smallest absolute Gasteiger partial charge is 0.248 e. The summed E-state index contributed by atoms with van der Waals surface area (Å²) >= 11 is 0. The zero-order chi connectivity index (χ0) is 12.1. The van der Waals surface area contributed by atoms with Crippen LogP contribution in [0.4, 0.5) is 0 Å². The number of aliphatic hydroxyl groups excluding tert-OH is 1. The molecule has 1 atom stereocenters. The van der Waals surface area contributed by atoms with Gasteiger partial charge in [0.25, 0.3) is 0 Å². The van der Waals surface area contributed by atoms with Gasteiger partial charge >= 0.3 is 0 Å². The number of aliphatic hydroxyl groups is 1. The summed E-state index contributed by atoms with van der Waals surface area (Å²) in [4.78, 5) is 13.6. The predicted octanol–water partition coefficient (Wildman–Crippen LogP) is 0.796. The molecule has 0 aromatic heterocycles. The molecular formula is C13H17NO3. The summed E-state index contributed by atoms with van der Waals surface area (Å²) in [5.41, 5.74) is 1.11. The van der Waals surface area contributed by atoms with Crippen molar-refractivity contribution in [1.29, 1.82) is 0 Å². The van der Waals surface area contributed by atoms with E-state index in [4.69, 9.17) is 9.84 Å². The Bertz CT molecular complexity index is 366. The number of carbonyl (C=O) groups excluding carboxylic acids is 1. The predicted molar refractivity (Wildman–Crippen MR) is 63.3 cm³/mol. The second kappa shape index (κ2) is 5.80. The van der Waals surface area contributed by atoms with E-state index in [1.165, 1.54) is 0 Å². The number of hydrogen-bond acceptors (Lipinski definition) is 3. The molecular weight excluding hydrogens is 218 g/mol. The van der Waals surface area contributed by atoms with Crippen LogP contribution in [-0.2, 0) is 16.1 Å². The van der Waals surface area contributed by atoms with Crippen molar-refractivity contribution in [2.24, 2.45) is 0 Å². The summed E-state index contributed by atoms with van der Waals surface area (Å²) < 4.78 is 5.29. The summed E-state index contributed by atoms with van der Waals surface area (Å²) in [6.07, 6.45) is 0.481. The third kappa shape index (κ3) is 3.28. The van der Waals surface area contributed by atoms with Crippen LogP contribution in [0, 0.1) is 0 Å². The van der Waals surface area contributed by atoms with Crippen LogP contribution in [-0.4, -0.2) is 41.8 Å². The first-order chi connectivity index (χ1) is 8.29. The fourth-order valence-electron chi connectivity index (χ4n) is 1.90. The molecule has 1 saturated heterocycles. The van der Waals surface area contributed by atoms with Crippen molar-refractivity contribution in [1.82, 2.24) is 4.90 Å². The molecule has 1 N–H and O–H groups in total. The highest BCUT2D eigenvalue weighted by Crippen LogP contribution is 2.11. The molecule has 92 valence electrons. The Morgan fingerprint density at radius 2 is 2.12 bits per heavy atom. The minimum atomic E-state index is -0.209. The molecule has 1 aliphatic heterocycles. The molecule has 1 fully saturated rings. The van der Waals surface area contributed by atoms with Crippen molar-refractivity contribution in [3.8, 4) is 0 Å². The molecule has 1 aromatic rings. The molecule has 4 nitrogen and oxygen atoms in total. The lowest BCUT2D eigenvalue weighted by molar-refractivity contribution is -0.135. The first-order valence-electron chi connectivity index (χ1n) is 5.84. The van der Waals surface area contributed by atoms with Gasteiger partial charge < -0.3 is 14.7 Å². The molecule has 0 spiro atoms. The Morgan fingerprint density at radius 1 is 1.35 bits per heavy atom. The van der Waals surface area contributed by atoms with Crippen molar-refractivity contribution >= 4 is 5.91 Å². The fourth-order valence-corrected chi connectivity index (χ4v) is 1.90. The van der Waals surface area contributed by atoms with Crippen LogP contribution in [0.1, 0.15) is 12.0 Å². The van der Waals surface area contributed by atoms with E-state index >= 15 is 0 Å². The molecule has 0 radical (unpaired) electrons. The van der Waals surface area contributed by atoms with Crippen LogP contribution in [0.15, 0.2) is 30.3 Å². The molecule has 2 rings (SSSR count). The Hall–Kier alpha value is -1.39. The molecule has 0 aliphatic carbocycles. The summed E-state index contributed by atoms with van der Waals surface area (Å²) in [7, 11) is 0. The number of hydrogen-bond donors (Lipinski definition) is 1. The molecule has 17 heavy (non-hydrogen) atoms. The molecule has 0 bridgehead atoms. The second-order valence-electron chi connectivity index (χ2n) is 4.21. The van der Waals surface area contributed by atoms with E-state index in [1.807, 2.05) is 30.3 Å². The number of rotatable bonds is 3. The van der Waals surface area contributed by atoms with E-state index in [-0.39, 0.29) is 25.2 Å². The molecule has 1 heterocycles. The standard InChI is InChI=1S/C13H17NO3/c15-9-12-6-7-14(13(16)10-17-12)8-11-4-2-1-3-5-11/h1-5,12,15H,6-10H2/t12-/m1/s1. The van der Waals surface area contributed by atoms with Gasteiger partial charge in [-0.15, -0.1) is 0 Å². The van der Waals surface area contributed by atoms with Crippen molar-refractivity contribution < 1.29 is 14.6 Å². The van der Waals surface area contributed by atoms with Crippen molar-refractivity contribution in [2.45, 2.75) is 19.1 Å². The Morgan fingerprint density at radius 3 is 2.82 bits per heavy atom. The third-order valence-electron chi connectivity index (χ3n) is 2.94. The number of amides is 1. The van der Waals surface area contributed by atoms with E-state index in [1.54, 1.807) is 4.90 Å². The topological polar surface area (TPSA) is 49.8 Å². The van der Waals surface area contributed by atoms with Crippen LogP contribution in [0.5, 0.6) is 0 Å². The van der Waals surface area contributed by atoms with Gasteiger partial charge in [-0.05, 0) is 12.0 Å². The van der Waals surface area contributed by atoms with Crippen molar-refractivity contribution in [3.05, 3.63) is 35.9 Å². The van der Waals surface area contributed by atoms with Gasteiger partial charge in [-0.2, -0.15) is 0 Å². The van der Waals surface area contributed by atoms with E-state index in [2.05, 4.69) is 0 Å². The lowest BCUT2D eigenvalue weighted by Crippen LogP contribution is -2.32. The number of nitrogens with zero attached hydrogens (tertiary/aromatic N) is 1. The zero-order valence-corrected chi connectivity index (χ0v) is 9.71. The summed E-state index contributed by atoms with van der Waals surface area (Å²) in [6.45, 7) is 1.30. The normalized spacial score (nSPS) is 21.4. The minimum Gasteiger partial charge on any atom is -0.394 e. The largest absolute Gasteiger partial charge is 0.394 e. The maximum absolute atomic E-state index is 11.8. The maximum atomic E-state index is 11.8. The molecule has 1 aliphatic rings. The van der Waals surface area contributed by atoms with Gasteiger partial charge in [-0.25, -0.2) is 0 Å². The zero-order valence-electron chi connectivity index (χ0n) is 9.71. The number of ether oxygens (including phenoxy) is 1. The summed E-state index contributed by atoms with van der Waals surface area (Å²) in [6, 6.07) is 9.89. The Kier molecular flexibility index (Phi) is 4.12. The first kappa shape index (κ1) is 12.1. The van der Waals surface area contributed by atoms with E-state index in [0.717, 1.165) is 5.56 Å². The first-order valence-corrected chi connectivity index (χ1v) is 5.84. The van der Waals surface area contributed by atoms with Gasteiger partial charge in [0.05, 0.1) is 12.7 Å². The van der Waals surface area contributed by atoms with Crippen molar-refractivity contribution in [3.63, 3.8) is 0 Å². The number of benzene rings is 1. The van der Waals surface area contributed by atoms with Gasteiger partial charge in [-0.3, -0.25) is 4.79 Å². The Balaban J connectivity index is 1.98. The maximum Gasteiger partial charge on any atom is 0.248 e. The van der Waals surface area contributed by atoms with Gasteiger partial charge in [0.2, 0.25) is 5.91 Å². The SMILES string of the molecule is O=C1CO[C@@H](CO)CCN1Cc1ccccc1. The van der Waals surface area contributed by atoms with Crippen molar-refractivity contribution in [2.75, 3.05) is 19.8 Å². The lowest BCUT2D eigenvalue weighted by atomic mass is 10.2. The average Bonchev–Trinajstić information content (AvgIpc) is 2.54. The van der Waals surface area contributed by atoms with E-state index < -0.39 is 0 Å². The van der Waals surface area contributed by atoms with Crippen LogP contribution >= 0.6 is 0 Å². The molecule has 0 saturated carbocycles. The lowest BCUT2D eigenvalue weighted by Gasteiger charge is -2.19. The highest BCUT2D eigenvalue weighted by molar-refractivity contribution is 5.77. The summed E-state index contributed by atoms with van der Waals surface area (Å²) in [5, 5.41) is 9.02. The molecule has 0 unspecified atom stereocenters. The quantitative estimate of drug-likeness (QED) is 0.843. The van der Waals surface area contributed by atoms with Gasteiger partial charge in [-0.1, -0.05) is 30.3 Å². The van der Waals surface area contributed by atoms with Gasteiger partial charge in [0.15, 0.2) is 0 Å². The van der Waals surface area contributed by atoms with Gasteiger partial charge in [0, 0.05) is 13.1 Å². The highest BCUT2D eigenvalue weighted by atomic mass is 16.5. The highest BCUT2D eigenvalue weighted by Gasteiger charge is 2.22. The fraction of sp³-hybridized carbons (Fsp3) is 0.462. The van der Waals surface area contributed by atoms with E-state index in [9.17, 15) is 4.79 Å². The molecule has 1 amide bonds. The molecule has 1 aromatic carbocycles. The van der Waals surface area contributed by atoms with Crippen LogP contribution in [0.25, 0.3) is 0 Å². The number of carbonyl (C=O) groups is 1.